The summed E-state index contributed by atoms with van der Waals surface area (Å²) >= 11 is 7.29. The van der Waals surface area contributed by atoms with Crippen molar-refractivity contribution in [3.63, 3.8) is 0 Å². The molecule has 7 nitrogen and oxygen atoms in total. The number of hydrogen-bond acceptors (Lipinski definition) is 7. The number of rotatable bonds is 3. The van der Waals surface area contributed by atoms with E-state index in [9.17, 15) is 9.90 Å². The molecule has 0 radical (unpaired) electrons. The standard InChI is InChI=1S/C17H25ClN4O3S/c1-17(2,3)25-16(24)21-6-7-22-11(10-21)8-19-15(22)20-9-12(23)13-4-5-14(18)26-13/h4-5,11-12,23H,6-10H2,1-3H3,(H,19,20). The van der Waals surface area contributed by atoms with Gasteiger partial charge in [0, 0.05) is 31.1 Å². The van der Waals surface area contributed by atoms with Crippen LogP contribution in [0.15, 0.2) is 17.1 Å². The number of ether oxygens (including phenoxy) is 1. The third kappa shape index (κ3) is 4.61. The lowest BCUT2D eigenvalue weighted by Gasteiger charge is -2.39. The summed E-state index contributed by atoms with van der Waals surface area (Å²) in [5.41, 5.74) is -0.492. The van der Waals surface area contributed by atoms with Crippen LogP contribution in [-0.2, 0) is 4.74 Å². The zero-order valence-electron chi connectivity index (χ0n) is 15.2. The van der Waals surface area contributed by atoms with E-state index in [1.165, 1.54) is 11.3 Å². The van der Waals surface area contributed by atoms with Gasteiger partial charge in [0.1, 0.15) is 11.7 Å². The van der Waals surface area contributed by atoms with Crippen LogP contribution in [0, 0.1) is 0 Å². The predicted molar refractivity (Wildman–Crippen MR) is 103 cm³/mol. The minimum atomic E-state index is -0.627. The van der Waals surface area contributed by atoms with E-state index in [4.69, 9.17) is 16.3 Å². The molecular weight excluding hydrogens is 376 g/mol. The first-order valence-electron chi connectivity index (χ1n) is 8.69. The van der Waals surface area contributed by atoms with Gasteiger partial charge in [-0.15, -0.1) is 11.3 Å². The second-order valence-corrected chi connectivity index (χ2v) is 9.22. The van der Waals surface area contributed by atoms with Crippen LogP contribution in [-0.4, -0.2) is 71.3 Å². The molecule has 26 heavy (non-hydrogen) atoms. The molecule has 1 fully saturated rings. The van der Waals surface area contributed by atoms with Crippen molar-refractivity contribution in [1.29, 1.82) is 0 Å². The Hall–Kier alpha value is -1.51. The summed E-state index contributed by atoms with van der Waals surface area (Å²) < 4.78 is 6.12. The molecule has 0 aliphatic carbocycles. The number of nitrogens with one attached hydrogen (secondary N) is 1. The Morgan fingerprint density at radius 3 is 2.92 bits per heavy atom. The molecule has 2 aliphatic heterocycles. The Morgan fingerprint density at radius 2 is 2.27 bits per heavy atom. The summed E-state index contributed by atoms with van der Waals surface area (Å²) in [6, 6.07) is 3.76. The number of nitrogens with zero attached hydrogens (tertiary/aromatic N) is 3. The highest BCUT2D eigenvalue weighted by atomic mass is 35.5. The lowest BCUT2D eigenvalue weighted by atomic mass is 10.2. The topological polar surface area (TPSA) is 77.4 Å². The highest BCUT2D eigenvalue weighted by Gasteiger charge is 2.36. The fourth-order valence-corrected chi connectivity index (χ4v) is 4.07. The Morgan fingerprint density at radius 1 is 1.50 bits per heavy atom. The molecule has 0 spiro atoms. The van der Waals surface area contributed by atoms with Gasteiger partial charge in [0.05, 0.1) is 16.9 Å². The van der Waals surface area contributed by atoms with Crippen molar-refractivity contribution in [2.24, 2.45) is 4.99 Å². The van der Waals surface area contributed by atoms with Crippen LogP contribution in [0.2, 0.25) is 4.34 Å². The van der Waals surface area contributed by atoms with Gasteiger partial charge in [-0.1, -0.05) is 11.6 Å². The molecule has 2 aliphatic rings. The van der Waals surface area contributed by atoms with Crippen molar-refractivity contribution >= 4 is 35.0 Å². The van der Waals surface area contributed by atoms with Crippen molar-refractivity contribution in [2.45, 2.75) is 38.5 Å². The molecule has 2 unspecified atom stereocenters. The van der Waals surface area contributed by atoms with Crippen molar-refractivity contribution < 1.29 is 14.6 Å². The van der Waals surface area contributed by atoms with E-state index in [1.54, 1.807) is 11.0 Å². The summed E-state index contributed by atoms with van der Waals surface area (Å²) in [6.07, 6.45) is -0.902. The summed E-state index contributed by atoms with van der Waals surface area (Å²) in [5.74, 6) is 0.778. The number of hydrogen-bond donors (Lipinski definition) is 2. The van der Waals surface area contributed by atoms with E-state index in [1.807, 2.05) is 26.8 Å². The number of fused-ring (bicyclic) bond motifs is 1. The molecule has 2 atom stereocenters. The molecule has 3 heterocycles. The number of carbonyl (C=O) groups excluding carboxylic acids is 1. The van der Waals surface area contributed by atoms with E-state index in [0.717, 1.165) is 10.8 Å². The lowest BCUT2D eigenvalue weighted by Crippen LogP contribution is -2.57. The van der Waals surface area contributed by atoms with Crippen LogP contribution < -0.4 is 5.32 Å². The molecule has 0 saturated carbocycles. The molecule has 3 rings (SSSR count). The van der Waals surface area contributed by atoms with Gasteiger partial charge in [-0.3, -0.25) is 4.99 Å². The van der Waals surface area contributed by atoms with E-state index in [2.05, 4.69) is 15.2 Å². The number of aliphatic imine (C=N–C) groups is 1. The molecule has 9 heteroatoms. The van der Waals surface area contributed by atoms with Gasteiger partial charge >= 0.3 is 6.09 Å². The molecule has 2 N–H and O–H groups in total. The molecule has 1 aromatic heterocycles. The lowest BCUT2D eigenvalue weighted by molar-refractivity contribution is 0.0137. The fraction of sp³-hybridized carbons (Fsp3) is 0.647. The number of thiophene rings is 1. The molecule has 144 valence electrons. The first kappa shape index (κ1) is 19.3. The molecule has 0 bridgehead atoms. The van der Waals surface area contributed by atoms with Crippen molar-refractivity contribution in [2.75, 3.05) is 32.7 Å². The Balaban J connectivity index is 1.50. The summed E-state index contributed by atoms with van der Waals surface area (Å²) in [4.78, 5) is 21.5. The maximum Gasteiger partial charge on any atom is 0.410 e. The van der Waals surface area contributed by atoms with Crippen LogP contribution in [0.1, 0.15) is 31.8 Å². The molecule has 1 amide bonds. The maximum atomic E-state index is 12.2. The number of piperazine rings is 1. The van der Waals surface area contributed by atoms with E-state index < -0.39 is 11.7 Å². The number of aliphatic hydroxyl groups is 1. The number of amides is 1. The SMILES string of the molecule is CC(C)(C)OC(=O)N1CCN2C(NCC(O)c3ccc(Cl)s3)=NCC2C1. The Bertz CT molecular complexity index is 688. The van der Waals surface area contributed by atoms with Gasteiger partial charge < -0.3 is 25.0 Å². The van der Waals surface area contributed by atoms with Crippen molar-refractivity contribution in [3.05, 3.63) is 21.3 Å². The largest absolute Gasteiger partial charge is 0.444 e. The van der Waals surface area contributed by atoms with Gasteiger partial charge in [-0.2, -0.15) is 0 Å². The molecule has 1 aromatic rings. The summed E-state index contributed by atoms with van der Waals surface area (Å²) in [6.45, 7) is 8.48. The highest BCUT2D eigenvalue weighted by Crippen LogP contribution is 2.26. The average Bonchev–Trinajstić information content (AvgIpc) is 3.16. The summed E-state index contributed by atoms with van der Waals surface area (Å²) in [7, 11) is 0. The Labute approximate surface area is 162 Å². The number of guanidine groups is 1. The minimum Gasteiger partial charge on any atom is -0.444 e. The fourth-order valence-electron chi connectivity index (χ4n) is 3.02. The van der Waals surface area contributed by atoms with Crippen LogP contribution in [0.5, 0.6) is 0 Å². The number of carbonyl (C=O) groups is 1. The van der Waals surface area contributed by atoms with E-state index >= 15 is 0 Å². The number of aliphatic hydroxyl groups excluding tert-OH is 1. The van der Waals surface area contributed by atoms with E-state index in [-0.39, 0.29) is 12.1 Å². The van der Waals surface area contributed by atoms with Crippen molar-refractivity contribution in [1.82, 2.24) is 15.1 Å². The van der Waals surface area contributed by atoms with Crippen LogP contribution in [0.25, 0.3) is 0 Å². The van der Waals surface area contributed by atoms with Crippen LogP contribution in [0.3, 0.4) is 0 Å². The Kier molecular flexibility index (Phi) is 5.64. The first-order valence-corrected chi connectivity index (χ1v) is 9.88. The molecule has 1 saturated heterocycles. The quantitative estimate of drug-likeness (QED) is 0.814. The van der Waals surface area contributed by atoms with Crippen molar-refractivity contribution in [3.8, 4) is 0 Å². The van der Waals surface area contributed by atoms with Gasteiger partial charge in [0.15, 0.2) is 5.96 Å². The second-order valence-electron chi connectivity index (χ2n) is 7.48. The first-order chi connectivity index (χ1) is 12.2. The average molecular weight is 401 g/mol. The summed E-state index contributed by atoms with van der Waals surface area (Å²) in [5, 5.41) is 13.5. The minimum absolute atomic E-state index is 0.145. The number of halogens is 1. The zero-order valence-corrected chi connectivity index (χ0v) is 16.8. The maximum absolute atomic E-state index is 12.2. The van der Waals surface area contributed by atoms with Crippen LogP contribution >= 0.6 is 22.9 Å². The third-order valence-corrected chi connectivity index (χ3v) is 5.57. The normalized spacial score (nSPS) is 21.3. The van der Waals surface area contributed by atoms with E-state index in [0.29, 0.717) is 37.1 Å². The third-order valence-electron chi connectivity index (χ3n) is 4.23. The zero-order chi connectivity index (χ0) is 18.9. The van der Waals surface area contributed by atoms with Gasteiger partial charge in [0.25, 0.3) is 0 Å². The molecular formula is C17H25ClN4O3S. The van der Waals surface area contributed by atoms with Crippen LogP contribution in [0.4, 0.5) is 4.79 Å². The monoisotopic (exact) mass is 400 g/mol. The smallest absolute Gasteiger partial charge is 0.410 e. The second kappa shape index (κ2) is 7.62. The molecule has 0 aromatic carbocycles. The van der Waals surface area contributed by atoms with Gasteiger partial charge in [-0.25, -0.2) is 4.79 Å². The van der Waals surface area contributed by atoms with Gasteiger partial charge in [-0.05, 0) is 32.9 Å². The predicted octanol–water partition coefficient (Wildman–Crippen LogP) is 2.32. The van der Waals surface area contributed by atoms with Gasteiger partial charge in [0.2, 0.25) is 0 Å². The highest BCUT2D eigenvalue weighted by molar-refractivity contribution is 7.16.